The lowest BCUT2D eigenvalue weighted by atomic mass is 10.00. The van der Waals surface area contributed by atoms with Crippen molar-refractivity contribution >= 4 is 34.0 Å². The second kappa shape index (κ2) is 10.8. The maximum atomic E-state index is 12.2. The Morgan fingerprint density at radius 2 is 1.59 bits per heavy atom. The molecule has 37 heavy (non-hydrogen) atoms. The lowest BCUT2D eigenvalue weighted by Gasteiger charge is -2.09. The zero-order valence-corrected chi connectivity index (χ0v) is 20.4. The molecule has 1 aromatic heterocycles. The molecule has 6 heteroatoms. The van der Waals surface area contributed by atoms with Crippen LogP contribution in [0.1, 0.15) is 34.0 Å². The van der Waals surface area contributed by atoms with Crippen molar-refractivity contribution in [3.63, 3.8) is 0 Å². The number of aromatic amines is 1. The van der Waals surface area contributed by atoms with Crippen LogP contribution in [0.15, 0.2) is 108 Å². The summed E-state index contributed by atoms with van der Waals surface area (Å²) < 4.78 is 5.12. The van der Waals surface area contributed by atoms with Crippen molar-refractivity contribution in [1.29, 1.82) is 0 Å². The largest absolute Gasteiger partial charge is 0.494 e. The molecule has 0 radical (unpaired) electrons. The Morgan fingerprint density at radius 3 is 2.30 bits per heavy atom. The van der Waals surface area contributed by atoms with Crippen LogP contribution in [0.4, 0.5) is 11.4 Å². The van der Waals surface area contributed by atoms with Gasteiger partial charge in [0, 0.05) is 28.7 Å². The third-order valence-corrected chi connectivity index (χ3v) is 6.02. The highest BCUT2D eigenvalue weighted by Crippen LogP contribution is 2.32. The van der Waals surface area contributed by atoms with E-state index >= 15 is 0 Å². The number of aliphatic imine (C=N–C) groups is 1. The molecule has 5 aromatic rings. The highest BCUT2D eigenvalue weighted by atomic mass is 16.5. The smallest absolute Gasteiger partial charge is 0.338 e. The van der Waals surface area contributed by atoms with Gasteiger partial charge >= 0.3 is 5.97 Å². The van der Waals surface area contributed by atoms with Crippen molar-refractivity contribution in [1.82, 2.24) is 4.98 Å². The first-order valence-electron chi connectivity index (χ1n) is 12.2. The van der Waals surface area contributed by atoms with Crippen molar-refractivity contribution < 1.29 is 14.6 Å². The zero-order chi connectivity index (χ0) is 25.6. The number of benzene rings is 4. The minimum absolute atomic E-state index is 0.0118. The Labute approximate surface area is 215 Å². The molecule has 0 spiro atoms. The SMILES string of the molecule is CCOC(=O)c1ccc2c(C(=Nc3ccc(CNc4ccccc4)cc3)c3ccccc3)c(O)[nH]c2c1. The number of esters is 1. The van der Waals surface area contributed by atoms with Gasteiger partial charge in [-0.15, -0.1) is 0 Å². The number of carbonyl (C=O) groups excluding carboxylic acids is 1. The van der Waals surface area contributed by atoms with Crippen LogP contribution in [0.5, 0.6) is 5.88 Å². The molecule has 0 atom stereocenters. The van der Waals surface area contributed by atoms with Gasteiger partial charge in [0.15, 0.2) is 5.88 Å². The van der Waals surface area contributed by atoms with Gasteiger partial charge in [-0.25, -0.2) is 9.79 Å². The van der Waals surface area contributed by atoms with E-state index in [2.05, 4.69) is 10.3 Å². The van der Waals surface area contributed by atoms with Crippen molar-refractivity contribution in [2.45, 2.75) is 13.5 Å². The number of anilines is 1. The van der Waals surface area contributed by atoms with E-state index in [-0.39, 0.29) is 5.88 Å². The molecule has 6 nitrogen and oxygen atoms in total. The number of aromatic hydroxyl groups is 1. The predicted octanol–water partition coefficient (Wildman–Crippen LogP) is 6.83. The van der Waals surface area contributed by atoms with Gasteiger partial charge < -0.3 is 20.1 Å². The highest BCUT2D eigenvalue weighted by Gasteiger charge is 2.20. The number of nitrogens with zero attached hydrogens (tertiary/aromatic N) is 1. The van der Waals surface area contributed by atoms with Crippen LogP contribution in [-0.4, -0.2) is 28.4 Å². The number of fused-ring (bicyclic) bond motifs is 1. The Balaban J connectivity index is 1.50. The maximum absolute atomic E-state index is 12.2. The van der Waals surface area contributed by atoms with E-state index in [1.807, 2.05) is 91.0 Å². The summed E-state index contributed by atoms with van der Waals surface area (Å²) in [5.74, 6) is -0.416. The number of para-hydroxylation sites is 1. The van der Waals surface area contributed by atoms with Crippen LogP contribution in [0.3, 0.4) is 0 Å². The summed E-state index contributed by atoms with van der Waals surface area (Å²) in [5, 5.41) is 15.1. The third kappa shape index (κ3) is 5.38. The van der Waals surface area contributed by atoms with Crippen LogP contribution in [-0.2, 0) is 11.3 Å². The second-order valence-electron chi connectivity index (χ2n) is 8.54. The topological polar surface area (TPSA) is 86.7 Å². The Kier molecular flexibility index (Phi) is 6.99. The van der Waals surface area contributed by atoms with Crippen molar-refractivity contribution in [2.75, 3.05) is 11.9 Å². The van der Waals surface area contributed by atoms with E-state index in [4.69, 9.17) is 9.73 Å². The predicted molar refractivity (Wildman–Crippen MR) is 148 cm³/mol. The summed E-state index contributed by atoms with van der Waals surface area (Å²) in [6, 6.07) is 33.0. The van der Waals surface area contributed by atoms with Crippen LogP contribution >= 0.6 is 0 Å². The number of H-pyrrole nitrogens is 1. The van der Waals surface area contributed by atoms with Gasteiger partial charge in [-0.05, 0) is 48.9 Å². The fourth-order valence-electron chi connectivity index (χ4n) is 4.20. The molecule has 0 fully saturated rings. The van der Waals surface area contributed by atoms with Gasteiger partial charge in [0.2, 0.25) is 0 Å². The van der Waals surface area contributed by atoms with Crippen LogP contribution < -0.4 is 5.32 Å². The van der Waals surface area contributed by atoms with Crippen LogP contribution in [0.25, 0.3) is 10.9 Å². The molecule has 0 saturated heterocycles. The molecule has 1 heterocycles. The van der Waals surface area contributed by atoms with E-state index in [1.165, 1.54) is 0 Å². The summed E-state index contributed by atoms with van der Waals surface area (Å²) in [7, 11) is 0. The number of ether oxygens (including phenoxy) is 1. The molecule has 0 aliphatic carbocycles. The molecular weight excluding hydrogens is 462 g/mol. The molecule has 0 saturated carbocycles. The molecule has 3 N–H and O–H groups in total. The van der Waals surface area contributed by atoms with Gasteiger partial charge in [-0.2, -0.15) is 0 Å². The first kappa shape index (κ1) is 23.9. The summed E-state index contributed by atoms with van der Waals surface area (Å²) in [6.07, 6.45) is 0. The van der Waals surface area contributed by atoms with Crippen LogP contribution in [0, 0.1) is 0 Å². The van der Waals surface area contributed by atoms with Crippen LogP contribution in [0.2, 0.25) is 0 Å². The molecule has 0 aliphatic heterocycles. The molecule has 0 aliphatic rings. The van der Waals surface area contributed by atoms with E-state index in [9.17, 15) is 9.90 Å². The molecular formula is C31H27N3O3. The quantitative estimate of drug-likeness (QED) is 0.165. The molecule has 0 unspecified atom stereocenters. The Morgan fingerprint density at radius 1 is 0.892 bits per heavy atom. The number of nitrogens with one attached hydrogen (secondary N) is 2. The zero-order valence-electron chi connectivity index (χ0n) is 20.4. The first-order chi connectivity index (χ1) is 18.1. The van der Waals surface area contributed by atoms with Gasteiger partial charge in [-0.3, -0.25) is 0 Å². The van der Waals surface area contributed by atoms with E-state index < -0.39 is 5.97 Å². The average molecular weight is 490 g/mol. The number of hydrogen-bond donors (Lipinski definition) is 3. The van der Waals surface area contributed by atoms with Crippen molar-refractivity contribution in [3.05, 3.63) is 125 Å². The van der Waals surface area contributed by atoms with Gasteiger partial charge in [0.25, 0.3) is 0 Å². The summed E-state index contributed by atoms with van der Waals surface area (Å²) in [4.78, 5) is 20.2. The minimum atomic E-state index is -0.404. The monoisotopic (exact) mass is 489 g/mol. The fourth-order valence-corrected chi connectivity index (χ4v) is 4.20. The number of carbonyl (C=O) groups is 1. The van der Waals surface area contributed by atoms with Gasteiger partial charge in [0.1, 0.15) is 0 Å². The highest BCUT2D eigenvalue weighted by molar-refractivity contribution is 6.22. The standard InChI is InChI=1S/C31H27N3O3/c1-2-37-31(36)23-15-18-26-27(19-23)34-30(35)28(26)29(22-9-5-3-6-10-22)33-25-16-13-21(14-17-25)20-32-24-11-7-4-8-12-24/h3-19,32,34-35H,2,20H2,1H3. The summed E-state index contributed by atoms with van der Waals surface area (Å²) in [5.41, 5.74) is 6.07. The number of hydrogen-bond acceptors (Lipinski definition) is 5. The lowest BCUT2D eigenvalue weighted by molar-refractivity contribution is 0.0526. The molecule has 0 amide bonds. The lowest BCUT2D eigenvalue weighted by Crippen LogP contribution is -2.05. The van der Waals surface area contributed by atoms with E-state index in [1.54, 1.807) is 19.1 Å². The Hall–Kier alpha value is -4.84. The second-order valence-corrected chi connectivity index (χ2v) is 8.54. The number of aromatic nitrogens is 1. The fraction of sp³-hybridized carbons (Fsp3) is 0.0968. The molecule has 184 valence electrons. The summed E-state index contributed by atoms with van der Waals surface area (Å²) >= 11 is 0. The molecule has 5 rings (SSSR count). The molecule has 4 aromatic carbocycles. The third-order valence-electron chi connectivity index (χ3n) is 6.02. The number of rotatable bonds is 8. The van der Waals surface area contributed by atoms with Gasteiger partial charge in [-0.1, -0.05) is 66.7 Å². The van der Waals surface area contributed by atoms with Crippen molar-refractivity contribution in [3.8, 4) is 5.88 Å². The summed E-state index contributed by atoms with van der Waals surface area (Å²) in [6.45, 7) is 2.76. The first-order valence-corrected chi connectivity index (χ1v) is 12.2. The van der Waals surface area contributed by atoms with E-state index in [0.29, 0.717) is 35.5 Å². The van der Waals surface area contributed by atoms with E-state index in [0.717, 1.165) is 27.9 Å². The maximum Gasteiger partial charge on any atom is 0.338 e. The molecule has 0 bridgehead atoms. The van der Waals surface area contributed by atoms with Gasteiger partial charge in [0.05, 0.1) is 29.1 Å². The Bertz CT molecular complexity index is 1540. The minimum Gasteiger partial charge on any atom is -0.494 e. The average Bonchev–Trinajstić information content (AvgIpc) is 3.27. The normalized spacial score (nSPS) is 11.4. The van der Waals surface area contributed by atoms with Crippen molar-refractivity contribution in [2.24, 2.45) is 4.99 Å².